The SMILES string of the molecule is O=Cc1cc(Nc2nc(/C=C/c3ccc(N=O)o3)nc3cc(F)ccc23)ccc1O. The summed E-state index contributed by atoms with van der Waals surface area (Å²) in [5.74, 6) is 0.339. The van der Waals surface area contributed by atoms with Crippen LogP contribution in [0.4, 0.5) is 21.8 Å². The average Bonchev–Trinajstić information content (AvgIpc) is 3.21. The number of carbonyl (C=O) groups excluding carboxylic acids is 1. The van der Waals surface area contributed by atoms with Crippen molar-refractivity contribution in [3.63, 3.8) is 0 Å². The number of aromatic hydroxyl groups is 1. The third kappa shape index (κ3) is 3.90. The van der Waals surface area contributed by atoms with Crippen molar-refractivity contribution in [1.82, 2.24) is 9.97 Å². The zero-order chi connectivity index (χ0) is 21.1. The van der Waals surface area contributed by atoms with Gasteiger partial charge < -0.3 is 14.8 Å². The molecule has 30 heavy (non-hydrogen) atoms. The summed E-state index contributed by atoms with van der Waals surface area (Å²) >= 11 is 0. The van der Waals surface area contributed by atoms with E-state index < -0.39 is 5.82 Å². The number of carbonyl (C=O) groups is 1. The Balaban J connectivity index is 1.75. The molecule has 0 aliphatic rings. The monoisotopic (exact) mass is 404 g/mol. The molecule has 4 rings (SSSR count). The first-order chi connectivity index (χ1) is 14.6. The van der Waals surface area contributed by atoms with Gasteiger partial charge in [0.2, 0.25) is 0 Å². The zero-order valence-electron chi connectivity index (χ0n) is 15.2. The highest BCUT2D eigenvalue weighted by atomic mass is 19.1. The number of phenols is 1. The molecule has 0 saturated carbocycles. The lowest BCUT2D eigenvalue weighted by Gasteiger charge is -2.11. The number of fused-ring (bicyclic) bond motifs is 1. The summed E-state index contributed by atoms with van der Waals surface area (Å²) in [5.41, 5.74) is 0.972. The van der Waals surface area contributed by atoms with Gasteiger partial charge in [-0.1, -0.05) is 0 Å². The minimum Gasteiger partial charge on any atom is -0.507 e. The van der Waals surface area contributed by atoms with E-state index in [1.807, 2.05) is 0 Å². The summed E-state index contributed by atoms with van der Waals surface area (Å²) in [6.07, 6.45) is 3.62. The standard InChI is InChI=1S/C21H13FN4O4/c22-13-1-5-16-17(10-13)24-19(7-3-15-4-8-20(26-29)30-15)25-21(16)23-14-2-6-18(28)12(9-14)11-27/h1-11,28H,(H,23,24,25)/b7-3+. The second-order valence-corrected chi connectivity index (χ2v) is 6.21. The Hall–Kier alpha value is -4.40. The molecular weight excluding hydrogens is 391 g/mol. The van der Waals surface area contributed by atoms with E-state index in [4.69, 9.17) is 4.42 Å². The number of phenolic OH excluding ortho intramolecular Hbond substituents is 1. The molecule has 148 valence electrons. The predicted molar refractivity (Wildman–Crippen MR) is 109 cm³/mol. The number of hydrogen-bond donors (Lipinski definition) is 2. The van der Waals surface area contributed by atoms with Crippen molar-refractivity contribution in [2.45, 2.75) is 0 Å². The smallest absolute Gasteiger partial charge is 0.260 e. The van der Waals surface area contributed by atoms with Gasteiger partial charge in [-0.3, -0.25) is 4.79 Å². The third-order valence-electron chi connectivity index (χ3n) is 4.19. The molecule has 0 fully saturated rings. The van der Waals surface area contributed by atoms with Gasteiger partial charge in [0.25, 0.3) is 5.88 Å². The normalized spacial score (nSPS) is 11.1. The van der Waals surface area contributed by atoms with Gasteiger partial charge in [-0.2, -0.15) is 0 Å². The minimum absolute atomic E-state index is 0.0585. The number of furan rings is 1. The van der Waals surface area contributed by atoms with Crippen molar-refractivity contribution in [3.8, 4) is 5.75 Å². The molecule has 2 N–H and O–H groups in total. The molecule has 2 heterocycles. The number of aldehydes is 1. The van der Waals surface area contributed by atoms with Crippen molar-refractivity contribution in [1.29, 1.82) is 0 Å². The maximum Gasteiger partial charge on any atom is 0.260 e. The van der Waals surface area contributed by atoms with E-state index in [1.54, 1.807) is 18.2 Å². The van der Waals surface area contributed by atoms with Gasteiger partial charge in [0.05, 0.1) is 11.1 Å². The number of nitroso groups, excluding NO2 is 1. The van der Waals surface area contributed by atoms with Crippen LogP contribution in [0.2, 0.25) is 0 Å². The van der Waals surface area contributed by atoms with Gasteiger partial charge in [-0.15, -0.1) is 4.91 Å². The lowest BCUT2D eigenvalue weighted by molar-refractivity contribution is 0.112. The minimum atomic E-state index is -0.456. The summed E-state index contributed by atoms with van der Waals surface area (Å²) < 4.78 is 18.9. The Morgan fingerprint density at radius 3 is 2.70 bits per heavy atom. The molecule has 0 radical (unpaired) electrons. The Morgan fingerprint density at radius 2 is 1.93 bits per heavy atom. The van der Waals surface area contributed by atoms with Gasteiger partial charge in [0.15, 0.2) is 12.1 Å². The van der Waals surface area contributed by atoms with Crippen LogP contribution in [0.25, 0.3) is 23.1 Å². The van der Waals surface area contributed by atoms with Gasteiger partial charge in [0, 0.05) is 28.4 Å². The molecule has 9 heteroatoms. The lowest BCUT2D eigenvalue weighted by atomic mass is 10.2. The van der Waals surface area contributed by atoms with Crippen LogP contribution in [0.3, 0.4) is 0 Å². The van der Waals surface area contributed by atoms with Gasteiger partial charge in [0.1, 0.15) is 23.1 Å². The molecule has 8 nitrogen and oxygen atoms in total. The number of nitrogens with one attached hydrogen (secondary N) is 1. The van der Waals surface area contributed by atoms with E-state index in [2.05, 4.69) is 20.5 Å². The quantitative estimate of drug-likeness (QED) is 0.258. The number of hydrogen-bond acceptors (Lipinski definition) is 8. The van der Waals surface area contributed by atoms with Gasteiger partial charge in [-0.25, -0.2) is 14.4 Å². The van der Waals surface area contributed by atoms with E-state index in [1.165, 1.54) is 42.5 Å². The highest BCUT2D eigenvalue weighted by Gasteiger charge is 2.10. The van der Waals surface area contributed by atoms with Crippen LogP contribution in [0.5, 0.6) is 5.75 Å². The van der Waals surface area contributed by atoms with Crippen molar-refractivity contribution >= 4 is 46.7 Å². The predicted octanol–water partition coefficient (Wildman–Crippen LogP) is 5.19. The maximum absolute atomic E-state index is 13.7. The molecule has 0 unspecified atom stereocenters. The van der Waals surface area contributed by atoms with Gasteiger partial charge in [-0.05, 0) is 48.6 Å². The van der Waals surface area contributed by atoms with E-state index >= 15 is 0 Å². The third-order valence-corrected chi connectivity index (χ3v) is 4.19. The van der Waals surface area contributed by atoms with E-state index in [9.17, 15) is 19.2 Å². The Kier molecular flexibility index (Phi) is 5.00. The first kappa shape index (κ1) is 18.9. The molecule has 0 spiro atoms. The summed E-state index contributed by atoms with van der Waals surface area (Å²) in [5, 5.41) is 16.0. The fourth-order valence-electron chi connectivity index (χ4n) is 2.79. The van der Waals surface area contributed by atoms with Crippen LogP contribution in [-0.4, -0.2) is 21.4 Å². The first-order valence-electron chi connectivity index (χ1n) is 8.69. The molecule has 0 atom stereocenters. The molecule has 2 aromatic carbocycles. The molecule has 0 saturated heterocycles. The topological polar surface area (TPSA) is 118 Å². The van der Waals surface area contributed by atoms with Crippen molar-refractivity contribution in [2.75, 3.05) is 5.32 Å². The van der Waals surface area contributed by atoms with Crippen LogP contribution >= 0.6 is 0 Å². The molecule has 0 aliphatic heterocycles. The fourth-order valence-corrected chi connectivity index (χ4v) is 2.79. The number of anilines is 2. The maximum atomic E-state index is 13.7. The van der Waals surface area contributed by atoms with Crippen LogP contribution in [0, 0.1) is 10.7 Å². The van der Waals surface area contributed by atoms with E-state index in [-0.39, 0.29) is 23.0 Å². The largest absolute Gasteiger partial charge is 0.507 e. The van der Waals surface area contributed by atoms with Crippen LogP contribution in [0.15, 0.2) is 58.1 Å². The highest BCUT2D eigenvalue weighted by Crippen LogP contribution is 2.27. The molecule has 0 amide bonds. The molecule has 4 aromatic rings. The van der Waals surface area contributed by atoms with Crippen molar-refractivity contribution in [2.24, 2.45) is 5.18 Å². The van der Waals surface area contributed by atoms with Crippen molar-refractivity contribution in [3.05, 3.63) is 76.4 Å². The number of nitrogens with zero attached hydrogens (tertiary/aromatic N) is 3. The van der Waals surface area contributed by atoms with Gasteiger partial charge >= 0.3 is 0 Å². The molecule has 0 aliphatic carbocycles. The molecule has 2 aromatic heterocycles. The van der Waals surface area contributed by atoms with E-state index in [0.717, 1.165) is 0 Å². The Morgan fingerprint density at radius 1 is 1.07 bits per heavy atom. The van der Waals surface area contributed by atoms with Crippen LogP contribution in [-0.2, 0) is 0 Å². The van der Waals surface area contributed by atoms with Crippen LogP contribution < -0.4 is 5.32 Å². The summed E-state index contributed by atoms with van der Waals surface area (Å²) in [7, 11) is 0. The zero-order valence-corrected chi connectivity index (χ0v) is 15.2. The number of halogens is 1. The number of aromatic nitrogens is 2. The van der Waals surface area contributed by atoms with Crippen LogP contribution in [0.1, 0.15) is 21.9 Å². The first-order valence-corrected chi connectivity index (χ1v) is 8.69. The summed E-state index contributed by atoms with van der Waals surface area (Å²) in [4.78, 5) is 30.3. The molecule has 0 bridgehead atoms. The summed E-state index contributed by atoms with van der Waals surface area (Å²) in [6, 6.07) is 11.5. The second kappa shape index (κ2) is 7.92. The lowest BCUT2D eigenvalue weighted by Crippen LogP contribution is -2.00. The van der Waals surface area contributed by atoms with Crippen molar-refractivity contribution < 1.29 is 18.7 Å². The number of rotatable bonds is 6. The average molecular weight is 404 g/mol. The Labute approximate surface area is 168 Å². The van der Waals surface area contributed by atoms with E-state index in [0.29, 0.717) is 34.5 Å². The fraction of sp³-hybridized carbons (Fsp3) is 0. The second-order valence-electron chi connectivity index (χ2n) is 6.21. The number of benzene rings is 2. The molecular formula is C21H13FN4O4. The summed E-state index contributed by atoms with van der Waals surface area (Å²) in [6.45, 7) is 0. The highest BCUT2D eigenvalue weighted by molar-refractivity contribution is 5.92. The Bertz CT molecular complexity index is 1300.